The highest BCUT2D eigenvalue weighted by atomic mass is 32.1. The van der Waals surface area contributed by atoms with Crippen molar-refractivity contribution in [1.82, 2.24) is 9.53 Å². The zero-order valence-electron chi connectivity index (χ0n) is 23.1. The summed E-state index contributed by atoms with van der Waals surface area (Å²) in [6.07, 6.45) is -0.157. The van der Waals surface area contributed by atoms with Crippen molar-refractivity contribution in [3.63, 3.8) is 0 Å². The van der Waals surface area contributed by atoms with Crippen LogP contribution in [0.1, 0.15) is 79.2 Å². The molecule has 2 aromatic heterocycles. The van der Waals surface area contributed by atoms with Crippen molar-refractivity contribution >= 4 is 33.3 Å². The van der Waals surface area contributed by atoms with Gasteiger partial charge in [0.1, 0.15) is 11.5 Å². The average molecular weight is 598 g/mol. The third kappa shape index (κ3) is 4.31. The molecule has 42 heavy (non-hydrogen) atoms. The summed E-state index contributed by atoms with van der Waals surface area (Å²) < 4.78 is 58.7. The topological polar surface area (TPSA) is 88.5 Å². The number of hydrogen-bond acceptors (Lipinski definition) is 7. The lowest BCUT2D eigenvalue weighted by Crippen LogP contribution is -2.36. The molecule has 4 aromatic rings. The van der Waals surface area contributed by atoms with Gasteiger partial charge in [0.05, 0.1) is 34.6 Å². The zero-order chi connectivity index (χ0) is 29.4. The van der Waals surface area contributed by atoms with Crippen molar-refractivity contribution < 1.29 is 32.3 Å². The Bertz CT molecular complexity index is 1680. The Labute approximate surface area is 244 Å². The maximum atomic E-state index is 13.9. The van der Waals surface area contributed by atoms with Gasteiger partial charge in [0.15, 0.2) is 5.69 Å². The highest BCUT2D eigenvalue weighted by Gasteiger charge is 2.66. The van der Waals surface area contributed by atoms with Crippen LogP contribution < -0.4 is 4.90 Å². The maximum absolute atomic E-state index is 13.9. The first-order valence-corrected chi connectivity index (χ1v) is 15.1. The second kappa shape index (κ2) is 9.80. The number of ether oxygens (including phenoxy) is 1. The Morgan fingerprint density at radius 3 is 2.71 bits per heavy atom. The number of carboxylic acids is 1. The monoisotopic (exact) mass is 597 g/mol. The van der Waals surface area contributed by atoms with Crippen LogP contribution in [0.2, 0.25) is 0 Å². The molecule has 0 amide bonds. The van der Waals surface area contributed by atoms with Crippen LogP contribution in [0.15, 0.2) is 47.0 Å². The van der Waals surface area contributed by atoms with Gasteiger partial charge in [0.2, 0.25) is 0 Å². The van der Waals surface area contributed by atoms with Crippen LogP contribution in [0.3, 0.4) is 0 Å². The molecule has 7 rings (SSSR count). The molecule has 0 radical (unpaired) electrons. The smallest absolute Gasteiger partial charge is 0.417 e. The Morgan fingerprint density at radius 2 is 2.00 bits per heavy atom. The standard InChI is InChI=1S/C31H30F3N3O4S/c1-3-30-16(2)12-19(14-25(30)37(30)18-10-11-21-24(13-18)42-36-27(21)29(38)39)40-15-22-26(35-41-28(22)17-8-9-17)20-6-4-5-7-23(20)31(32,33)34/h4-7,10-11,13,16-17,19,25H,3,8-9,12,14-15H2,1-2H3,(H,38,39)/t16-,19?,25?,30?,37?/m0/s1. The van der Waals surface area contributed by atoms with E-state index < -0.39 is 17.7 Å². The molecule has 4 atom stereocenters. The van der Waals surface area contributed by atoms with E-state index in [1.54, 1.807) is 6.07 Å². The van der Waals surface area contributed by atoms with Crippen molar-refractivity contribution in [2.24, 2.45) is 5.92 Å². The van der Waals surface area contributed by atoms with Gasteiger partial charge >= 0.3 is 12.1 Å². The van der Waals surface area contributed by atoms with Gasteiger partial charge in [-0.15, -0.1) is 0 Å². The molecular weight excluding hydrogens is 567 g/mol. The minimum Gasteiger partial charge on any atom is -0.476 e. The number of fused-ring (bicyclic) bond motifs is 2. The first-order chi connectivity index (χ1) is 20.1. The van der Waals surface area contributed by atoms with Crippen LogP contribution in [-0.2, 0) is 17.5 Å². The molecule has 3 aliphatic rings. The Morgan fingerprint density at radius 1 is 1.21 bits per heavy atom. The fraction of sp³-hybridized carbons (Fsp3) is 0.452. The van der Waals surface area contributed by atoms with Gasteiger partial charge in [-0.2, -0.15) is 17.5 Å². The third-order valence-corrected chi connectivity index (χ3v) is 10.3. The molecule has 3 fully saturated rings. The number of aromatic carboxylic acids is 1. The lowest BCUT2D eigenvalue weighted by molar-refractivity contribution is -0.137. The SMILES string of the molecule is CCC12C(CC(OCc3c(-c4ccccc4C(F)(F)F)noc3C3CC3)C[C@@H]1C)N2c1ccc2c(C(=O)O)nsc2c1. The number of halogens is 3. The van der Waals surface area contributed by atoms with Gasteiger partial charge < -0.3 is 19.3 Å². The van der Waals surface area contributed by atoms with Crippen LogP contribution in [0.5, 0.6) is 0 Å². The molecule has 0 spiro atoms. The summed E-state index contributed by atoms with van der Waals surface area (Å²) >= 11 is 1.19. The van der Waals surface area contributed by atoms with Gasteiger partial charge in [0, 0.05) is 28.1 Å². The van der Waals surface area contributed by atoms with Crippen LogP contribution in [0, 0.1) is 5.92 Å². The summed E-state index contributed by atoms with van der Waals surface area (Å²) in [5.74, 6) is 0.0908. The average Bonchev–Trinajstić information content (AvgIpc) is 3.82. The summed E-state index contributed by atoms with van der Waals surface area (Å²) in [5, 5.41) is 14.2. The van der Waals surface area contributed by atoms with Crippen molar-refractivity contribution in [2.45, 2.75) is 82.3 Å². The molecular formula is C31H30F3N3O4S. The highest BCUT2D eigenvalue weighted by Crippen LogP contribution is 2.59. The predicted octanol–water partition coefficient (Wildman–Crippen LogP) is 7.90. The van der Waals surface area contributed by atoms with Crippen LogP contribution >= 0.6 is 11.5 Å². The van der Waals surface area contributed by atoms with Crippen molar-refractivity contribution in [3.05, 3.63) is 65.0 Å². The van der Waals surface area contributed by atoms with Crippen molar-refractivity contribution in [2.75, 3.05) is 4.90 Å². The van der Waals surface area contributed by atoms with E-state index in [0.29, 0.717) is 22.6 Å². The van der Waals surface area contributed by atoms with E-state index in [2.05, 4.69) is 28.3 Å². The summed E-state index contributed by atoms with van der Waals surface area (Å²) in [6, 6.07) is 11.6. The van der Waals surface area contributed by atoms with Gasteiger partial charge in [-0.25, -0.2) is 4.79 Å². The fourth-order valence-electron chi connectivity index (χ4n) is 7.25. The summed E-state index contributed by atoms with van der Waals surface area (Å²) in [4.78, 5) is 14.0. The van der Waals surface area contributed by atoms with Crippen LogP contribution in [-0.4, -0.2) is 38.3 Å². The largest absolute Gasteiger partial charge is 0.476 e. The van der Waals surface area contributed by atoms with Gasteiger partial charge in [-0.1, -0.05) is 37.2 Å². The molecule has 2 saturated carbocycles. The number of rotatable bonds is 8. The molecule has 220 valence electrons. The molecule has 0 bridgehead atoms. The fourth-order valence-corrected chi connectivity index (χ4v) is 8.05. The van der Waals surface area contributed by atoms with Crippen LogP contribution in [0.25, 0.3) is 21.3 Å². The van der Waals surface area contributed by atoms with E-state index in [1.165, 1.54) is 23.7 Å². The molecule has 11 heteroatoms. The number of anilines is 1. The van der Waals surface area contributed by atoms with Crippen molar-refractivity contribution in [3.8, 4) is 11.3 Å². The predicted molar refractivity (Wildman–Crippen MR) is 152 cm³/mol. The van der Waals surface area contributed by atoms with E-state index in [9.17, 15) is 23.1 Å². The number of benzene rings is 2. The van der Waals surface area contributed by atoms with Gasteiger partial charge in [-0.3, -0.25) is 0 Å². The van der Waals surface area contributed by atoms with Crippen molar-refractivity contribution in [1.29, 1.82) is 0 Å². The molecule has 3 heterocycles. The molecule has 2 aromatic carbocycles. The van der Waals surface area contributed by atoms with Gasteiger partial charge in [-0.05, 0) is 73.8 Å². The Balaban J connectivity index is 1.13. The first-order valence-electron chi connectivity index (χ1n) is 14.3. The Hall–Kier alpha value is -3.44. The summed E-state index contributed by atoms with van der Waals surface area (Å²) in [6.45, 7) is 4.58. The van der Waals surface area contributed by atoms with E-state index in [4.69, 9.17) is 9.26 Å². The number of nitrogens with zero attached hydrogens (tertiary/aromatic N) is 3. The second-order valence-electron chi connectivity index (χ2n) is 11.7. The van der Waals surface area contributed by atoms with Gasteiger partial charge in [0.25, 0.3) is 0 Å². The maximum Gasteiger partial charge on any atom is 0.417 e. The minimum absolute atomic E-state index is 0.0129. The quantitative estimate of drug-likeness (QED) is 0.207. The number of carbonyl (C=O) groups is 1. The minimum atomic E-state index is -4.51. The second-order valence-corrected chi connectivity index (χ2v) is 12.5. The first kappa shape index (κ1) is 27.4. The number of hydrogen-bond donors (Lipinski definition) is 1. The lowest BCUT2D eigenvalue weighted by atomic mass is 9.77. The number of alkyl halides is 3. The Kier molecular flexibility index (Phi) is 6.40. The molecule has 2 aliphatic carbocycles. The molecule has 1 aliphatic heterocycles. The number of carboxylic acid groups (broad SMARTS) is 1. The number of aromatic nitrogens is 2. The summed E-state index contributed by atoms with van der Waals surface area (Å²) in [7, 11) is 0. The normalized spacial score (nSPS) is 25.5. The van der Waals surface area contributed by atoms with E-state index in [1.807, 2.05) is 18.2 Å². The molecule has 7 nitrogen and oxygen atoms in total. The van der Waals surface area contributed by atoms with E-state index >= 15 is 0 Å². The lowest BCUT2D eigenvalue weighted by Gasteiger charge is -2.31. The highest BCUT2D eigenvalue weighted by molar-refractivity contribution is 7.13. The zero-order valence-corrected chi connectivity index (χ0v) is 24.0. The molecule has 1 saturated heterocycles. The van der Waals surface area contributed by atoms with E-state index in [0.717, 1.165) is 48.6 Å². The summed E-state index contributed by atoms with van der Waals surface area (Å²) in [5.41, 5.74) is 1.22. The van der Waals surface area contributed by atoms with E-state index in [-0.39, 0.29) is 47.2 Å². The third-order valence-electron chi connectivity index (χ3n) is 9.45. The molecule has 1 N–H and O–H groups in total. The molecule has 3 unspecified atom stereocenters. The van der Waals surface area contributed by atoms with Crippen LogP contribution in [0.4, 0.5) is 18.9 Å².